The molecule has 24 heavy (non-hydrogen) atoms. The van der Waals surface area contributed by atoms with Gasteiger partial charge < -0.3 is 0 Å². The molecule has 0 saturated carbocycles. The van der Waals surface area contributed by atoms with Gasteiger partial charge in [-0.2, -0.15) is 0 Å². The fourth-order valence-corrected chi connectivity index (χ4v) is 7.02. The van der Waals surface area contributed by atoms with Gasteiger partial charge in [-0.15, -0.1) is 0 Å². The fraction of sp³-hybridized carbons (Fsp3) is 0.263. The summed E-state index contributed by atoms with van der Waals surface area (Å²) in [5.41, 5.74) is 2.26. The SMILES string of the molecule is CCOP1(=O)CCC([Se]c2ccccc2C)=C(c2ccccc2)O1. The zero-order valence-electron chi connectivity index (χ0n) is 13.9. The molecule has 0 N–H and O–H groups in total. The van der Waals surface area contributed by atoms with Crippen LogP contribution in [0.1, 0.15) is 24.5 Å². The first-order valence-corrected chi connectivity index (χ1v) is 11.5. The van der Waals surface area contributed by atoms with Gasteiger partial charge in [0.05, 0.1) is 0 Å². The van der Waals surface area contributed by atoms with Crippen molar-refractivity contribution in [2.75, 3.05) is 12.8 Å². The molecule has 1 aliphatic heterocycles. The molecule has 0 bridgehead atoms. The Morgan fingerprint density at radius 1 is 1.12 bits per heavy atom. The van der Waals surface area contributed by atoms with Crippen LogP contribution in [0.4, 0.5) is 0 Å². The average Bonchev–Trinajstić information content (AvgIpc) is 2.59. The zero-order chi connectivity index (χ0) is 17.0. The molecule has 2 aromatic rings. The van der Waals surface area contributed by atoms with Crippen molar-refractivity contribution < 1.29 is 13.6 Å². The van der Waals surface area contributed by atoms with E-state index in [1.807, 2.05) is 37.3 Å². The maximum absolute atomic E-state index is 12.8. The van der Waals surface area contributed by atoms with E-state index in [0.717, 1.165) is 17.7 Å². The van der Waals surface area contributed by atoms with Crippen LogP contribution in [-0.4, -0.2) is 27.7 Å². The van der Waals surface area contributed by atoms with Gasteiger partial charge in [-0.25, -0.2) is 0 Å². The summed E-state index contributed by atoms with van der Waals surface area (Å²) in [6.45, 7) is 4.38. The predicted molar refractivity (Wildman–Crippen MR) is 99.7 cm³/mol. The third-order valence-electron chi connectivity index (χ3n) is 3.78. The van der Waals surface area contributed by atoms with Crippen LogP contribution >= 0.6 is 7.60 Å². The van der Waals surface area contributed by atoms with Gasteiger partial charge in [0, 0.05) is 0 Å². The third-order valence-corrected chi connectivity index (χ3v) is 8.43. The Kier molecular flexibility index (Phi) is 5.63. The molecule has 3 rings (SSSR count). The van der Waals surface area contributed by atoms with Crippen LogP contribution in [0.3, 0.4) is 0 Å². The van der Waals surface area contributed by atoms with Gasteiger partial charge in [-0.1, -0.05) is 0 Å². The Morgan fingerprint density at radius 3 is 2.54 bits per heavy atom. The Hall–Kier alpha value is -1.31. The molecule has 1 aliphatic rings. The monoisotopic (exact) mass is 408 g/mol. The Bertz CT molecular complexity index is 786. The van der Waals surface area contributed by atoms with E-state index in [9.17, 15) is 4.57 Å². The van der Waals surface area contributed by atoms with E-state index in [4.69, 9.17) is 9.05 Å². The number of hydrogen-bond acceptors (Lipinski definition) is 3. The van der Waals surface area contributed by atoms with Gasteiger partial charge in [-0.3, -0.25) is 0 Å². The number of rotatable bonds is 5. The minimum absolute atomic E-state index is 0.147. The molecule has 0 fully saturated rings. The Labute approximate surface area is 149 Å². The molecule has 0 aliphatic carbocycles. The van der Waals surface area contributed by atoms with E-state index < -0.39 is 7.60 Å². The molecule has 1 atom stereocenters. The van der Waals surface area contributed by atoms with Crippen molar-refractivity contribution >= 4 is 32.8 Å². The standard InChI is InChI=1S/C19H21O3PSe/c1-3-21-23(20)14-13-18(24-17-12-8-7-9-15(17)2)19(22-23)16-10-5-4-6-11-16/h4-12H,3,13-14H2,1-2H3. The second kappa shape index (κ2) is 7.72. The maximum atomic E-state index is 12.8. The van der Waals surface area contributed by atoms with E-state index >= 15 is 0 Å². The topological polar surface area (TPSA) is 35.5 Å². The summed E-state index contributed by atoms with van der Waals surface area (Å²) in [6.07, 6.45) is 1.22. The summed E-state index contributed by atoms with van der Waals surface area (Å²) in [5.74, 6) is 0.752. The molecular formula is C19H21O3PSe. The first-order valence-electron chi connectivity index (χ1n) is 8.06. The van der Waals surface area contributed by atoms with Gasteiger partial charge in [0.1, 0.15) is 0 Å². The van der Waals surface area contributed by atoms with Crippen LogP contribution in [0, 0.1) is 6.92 Å². The van der Waals surface area contributed by atoms with Crippen molar-refractivity contribution in [2.45, 2.75) is 20.3 Å². The number of benzene rings is 2. The van der Waals surface area contributed by atoms with Crippen LogP contribution in [0.15, 0.2) is 59.1 Å². The summed E-state index contributed by atoms with van der Waals surface area (Å²) in [5, 5.41) is 0. The van der Waals surface area contributed by atoms with Crippen LogP contribution < -0.4 is 4.46 Å². The van der Waals surface area contributed by atoms with Gasteiger partial charge >= 0.3 is 150 Å². The summed E-state index contributed by atoms with van der Waals surface area (Å²) in [4.78, 5) is 0. The quantitative estimate of drug-likeness (QED) is 0.546. The molecule has 5 heteroatoms. The van der Waals surface area contributed by atoms with E-state index in [2.05, 4.69) is 31.2 Å². The van der Waals surface area contributed by atoms with Crippen molar-refractivity contribution in [1.29, 1.82) is 0 Å². The van der Waals surface area contributed by atoms with Crippen LogP contribution in [0.5, 0.6) is 0 Å². The summed E-state index contributed by atoms with van der Waals surface area (Å²) >= 11 is 0.147. The Morgan fingerprint density at radius 2 is 1.83 bits per heavy atom. The van der Waals surface area contributed by atoms with Gasteiger partial charge in [-0.05, 0) is 0 Å². The van der Waals surface area contributed by atoms with Crippen molar-refractivity contribution in [3.05, 3.63) is 70.2 Å². The normalized spacial score (nSPS) is 20.8. The van der Waals surface area contributed by atoms with Crippen LogP contribution in [0.25, 0.3) is 5.76 Å². The average molecular weight is 407 g/mol. The molecule has 3 nitrogen and oxygen atoms in total. The molecule has 1 unspecified atom stereocenters. The van der Waals surface area contributed by atoms with E-state index in [1.54, 1.807) is 0 Å². The molecular weight excluding hydrogens is 386 g/mol. The summed E-state index contributed by atoms with van der Waals surface area (Å²) in [7, 11) is -3.04. The third kappa shape index (κ3) is 4.02. The molecule has 0 saturated heterocycles. The summed E-state index contributed by atoms with van der Waals surface area (Å²) < 4.78 is 26.8. The molecule has 0 radical (unpaired) electrons. The van der Waals surface area contributed by atoms with Gasteiger partial charge in [0.25, 0.3) is 0 Å². The summed E-state index contributed by atoms with van der Waals surface area (Å²) in [6, 6.07) is 18.4. The minimum atomic E-state index is -3.04. The Balaban J connectivity index is 1.99. The second-order valence-corrected chi connectivity index (χ2v) is 10.1. The molecule has 0 amide bonds. The van der Waals surface area contributed by atoms with Gasteiger partial charge in [0.15, 0.2) is 0 Å². The fourth-order valence-electron chi connectivity index (χ4n) is 2.58. The number of allylic oxidation sites excluding steroid dienone is 1. The second-order valence-electron chi connectivity index (χ2n) is 5.58. The molecule has 2 aromatic carbocycles. The molecule has 126 valence electrons. The van der Waals surface area contributed by atoms with Crippen molar-refractivity contribution in [3.8, 4) is 0 Å². The van der Waals surface area contributed by atoms with Crippen LogP contribution in [0.2, 0.25) is 0 Å². The first-order chi connectivity index (χ1) is 11.6. The molecule has 0 spiro atoms. The van der Waals surface area contributed by atoms with E-state index in [1.165, 1.54) is 14.5 Å². The van der Waals surface area contributed by atoms with Crippen molar-refractivity contribution in [3.63, 3.8) is 0 Å². The zero-order valence-corrected chi connectivity index (χ0v) is 16.5. The first kappa shape index (κ1) is 17.5. The number of aryl methyl sites for hydroxylation is 1. The van der Waals surface area contributed by atoms with E-state index in [-0.39, 0.29) is 15.0 Å². The number of hydrogen-bond donors (Lipinski definition) is 0. The van der Waals surface area contributed by atoms with Crippen LogP contribution in [-0.2, 0) is 13.6 Å². The van der Waals surface area contributed by atoms with Crippen molar-refractivity contribution in [1.82, 2.24) is 0 Å². The predicted octanol–water partition coefficient (Wildman–Crippen LogP) is 4.34. The van der Waals surface area contributed by atoms with E-state index in [0.29, 0.717) is 12.8 Å². The van der Waals surface area contributed by atoms with Crippen molar-refractivity contribution in [2.24, 2.45) is 0 Å². The molecule has 1 heterocycles. The molecule has 0 aromatic heterocycles. The van der Waals surface area contributed by atoms with Gasteiger partial charge in [0.2, 0.25) is 0 Å².